The first-order chi connectivity index (χ1) is 8.45. The number of carbonyl (C=O) groups is 1. The van der Waals surface area contributed by atoms with E-state index in [9.17, 15) is 9.18 Å². The van der Waals surface area contributed by atoms with Gasteiger partial charge < -0.3 is 5.32 Å². The summed E-state index contributed by atoms with van der Waals surface area (Å²) in [5.74, 6) is -0.409. The largest absolute Gasteiger partial charge is 0.349 e. The first-order valence-corrected chi connectivity index (χ1v) is 7.27. The van der Waals surface area contributed by atoms with Crippen molar-refractivity contribution in [3.8, 4) is 0 Å². The lowest BCUT2D eigenvalue weighted by molar-refractivity contribution is 0.0925. The normalized spacial score (nSPS) is 12.6. The van der Waals surface area contributed by atoms with Gasteiger partial charge in [0.15, 0.2) is 0 Å². The van der Waals surface area contributed by atoms with E-state index in [1.807, 2.05) is 13.8 Å². The smallest absolute Gasteiger partial charge is 0.251 e. The number of nitrogens with one attached hydrogen (secondary N) is 1. The molecule has 0 heterocycles. The maximum absolute atomic E-state index is 13.0. The molecule has 0 fully saturated rings. The van der Waals surface area contributed by atoms with E-state index in [1.165, 1.54) is 18.2 Å². The summed E-state index contributed by atoms with van der Waals surface area (Å²) in [6, 6.07) is 4.06. The van der Waals surface area contributed by atoms with E-state index in [0.717, 1.165) is 11.8 Å². The maximum Gasteiger partial charge on any atom is 0.251 e. The van der Waals surface area contributed by atoms with Crippen LogP contribution in [0.25, 0.3) is 0 Å². The van der Waals surface area contributed by atoms with E-state index in [-0.39, 0.29) is 17.0 Å². The van der Waals surface area contributed by atoms with Crippen molar-refractivity contribution in [2.45, 2.75) is 26.3 Å². The molecule has 1 atom stereocenters. The number of hydrogen-bond acceptors (Lipinski definition) is 1. The van der Waals surface area contributed by atoms with Gasteiger partial charge in [0.1, 0.15) is 5.82 Å². The van der Waals surface area contributed by atoms with Gasteiger partial charge in [-0.15, -0.1) is 0 Å². The van der Waals surface area contributed by atoms with Gasteiger partial charge >= 0.3 is 0 Å². The summed E-state index contributed by atoms with van der Waals surface area (Å²) in [6.07, 6.45) is 0.846. The average Bonchev–Trinajstić information content (AvgIpc) is 2.31. The molecule has 0 aliphatic rings. The molecule has 1 aromatic rings. The molecule has 1 unspecified atom stereocenters. The molecule has 1 amide bonds. The second-order valence-corrected chi connectivity index (χ2v) is 5.63. The standard InChI is InChI=1S/C13H16BrClFNO/c1-8(2)12(5-6-14)17-13(18)9-3-4-11(16)10(15)7-9/h3-4,7-8,12H,5-6H2,1-2H3,(H,17,18). The molecule has 5 heteroatoms. The predicted molar refractivity (Wildman–Crippen MR) is 75.9 cm³/mol. The second kappa shape index (κ2) is 7.10. The molecule has 0 aliphatic carbocycles. The Morgan fingerprint density at radius 2 is 2.17 bits per heavy atom. The number of alkyl halides is 1. The molecule has 18 heavy (non-hydrogen) atoms. The molecule has 0 aromatic heterocycles. The lowest BCUT2D eigenvalue weighted by atomic mass is 10.0. The van der Waals surface area contributed by atoms with Crippen LogP contribution in [0.2, 0.25) is 5.02 Å². The van der Waals surface area contributed by atoms with Crippen LogP contribution in [-0.4, -0.2) is 17.3 Å². The minimum Gasteiger partial charge on any atom is -0.349 e. The molecule has 2 nitrogen and oxygen atoms in total. The van der Waals surface area contributed by atoms with Gasteiger partial charge in [-0.2, -0.15) is 0 Å². The molecule has 100 valence electrons. The zero-order valence-electron chi connectivity index (χ0n) is 10.3. The quantitative estimate of drug-likeness (QED) is 0.809. The Bertz CT molecular complexity index is 425. The van der Waals surface area contributed by atoms with Gasteiger partial charge in [0.2, 0.25) is 0 Å². The second-order valence-electron chi connectivity index (χ2n) is 4.43. The van der Waals surface area contributed by atoms with E-state index in [2.05, 4.69) is 21.2 Å². The summed E-state index contributed by atoms with van der Waals surface area (Å²) in [5.41, 5.74) is 0.377. The molecule has 1 N–H and O–H groups in total. The molecule has 0 bridgehead atoms. The average molecular weight is 337 g/mol. The van der Waals surface area contributed by atoms with Crippen LogP contribution in [0.15, 0.2) is 18.2 Å². The van der Waals surface area contributed by atoms with Crippen molar-refractivity contribution in [1.29, 1.82) is 0 Å². The minimum absolute atomic E-state index is 0.0377. The third kappa shape index (κ3) is 4.25. The molecule has 1 aromatic carbocycles. The first kappa shape index (κ1) is 15.4. The number of rotatable bonds is 5. The molecule has 0 saturated carbocycles. The zero-order chi connectivity index (χ0) is 13.7. The number of hydrogen-bond donors (Lipinski definition) is 1. The summed E-state index contributed by atoms with van der Waals surface area (Å²) in [5, 5.41) is 3.71. The van der Waals surface area contributed by atoms with Crippen LogP contribution in [0.1, 0.15) is 30.6 Å². The van der Waals surface area contributed by atoms with Crippen LogP contribution in [0.4, 0.5) is 4.39 Å². The molecule has 0 spiro atoms. The van der Waals surface area contributed by atoms with Crippen molar-refractivity contribution in [2.75, 3.05) is 5.33 Å². The van der Waals surface area contributed by atoms with Crippen LogP contribution in [0.5, 0.6) is 0 Å². The van der Waals surface area contributed by atoms with Gasteiger partial charge in [0, 0.05) is 16.9 Å². The molecule has 1 rings (SSSR count). The summed E-state index contributed by atoms with van der Waals surface area (Å²) >= 11 is 9.02. The fourth-order valence-electron chi connectivity index (χ4n) is 1.58. The Morgan fingerprint density at radius 1 is 1.50 bits per heavy atom. The van der Waals surface area contributed by atoms with E-state index in [1.54, 1.807) is 0 Å². The highest BCUT2D eigenvalue weighted by molar-refractivity contribution is 9.09. The molecule has 0 saturated heterocycles. The van der Waals surface area contributed by atoms with Crippen molar-refractivity contribution in [3.05, 3.63) is 34.6 Å². The highest BCUT2D eigenvalue weighted by Crippen LogP contribution is 2.16. The van der Waals surface area contributed by atoms with Crippen molar-refractivity contribution < 1.29 is 9.18 Å². The zero-order valence-corrected chi connectivity index (χ0v) is 12.7. The van der Waals surface area contributed by atoms with Crippen molar-refractivity contribution in [3.63, 3.8) is 0 Å². The number of halogens is 3. The fourth-order valence-corrected chi connectivity index (χ4v) is 2.25. The van der Waals surface area contributed by atoms with Gasteiger partial charge in [-0.1, -0.05) is 41.4 Å². The Labute approximate surface area is 120 Å². The lowest BCUT2D eigenvalue weighted by Gasteiger charge is -2.21. The minimum atomic E-state index is -0.519. The number of benzene rings is 1. The van der Waals surface area contributed by atoms with Gasteiger partial charge in [0.05, 0.1) is 5.02 Å². The topological polar surface area (TPSA) is 29.1 Å². The molecular formula is C13H16BrClFNO. The number of carbonyl (C=O) groups excluding carboxylic acids is 1. The van der Waals surface area contributed by atoms with Gasteiger partial charge in [-0.3, -0.25) is 4.79 Å². The third-order valence-corrected chi connectivity index (χ3v) is 3.47. The van der Waals surface area contributed by atoms with Gasteiger partial charge in [-0.05, 0) is 30.5 Å². The Hall–Kier alpha value is -0.610. The van der Waals surface area contributed by atoms with Crippen LogP contribution < -0.4 is 5.32 Å². The lowest BCUT2D eigenvalue weighted by Crippen LogP contribution is -2.38. The Kier molecular flexibility index (Phi) is 6.09. The molecular weight excluding hydrogens is 321 g/mol. The Morgan fingerprint density at radius 3 is 2.67 bits per heavy atom. The van der Waals surface area contributed by atoms with Gasteiger partial charge in [-0.25, -0.2) is 4.39 Å². The van der Waals surface area contributed by atoms with Crippen molar-refractivity contribution >= 4 is 33.4 Å². The predicted octanol–water partition coefficient (Wildman–Crippen LogP) is 4.02. The van der Waals surface area contributed by atoms with Crippen molar-refractivity contribution in [2.24, 2.45) is 5.92 Å². The van der Waals surface area contributed by atoms with E-state index >= 15 is 0 Å². The van der Waals surface area contributed by atoms with Crippen LogP contribution >= 0.6 is 27.5 Å². The van der Waals surface area contributed by atoms with E-state index in [4.69, 9.17) is 11.6 Å². The first-order valence-electron chi connectivity index (χ1n) is 5.77. The van der Waals surface area contributed by atoms with Gasteiger partial charge in [0.25, 0.3) is 5.91 Å². The summed E-state index contributed by atoms with van der Waals surface area (Å²) in [7, 11) is 0. The summed E-state index contributed by atoms with van der Waals surface area (Å²) in [4.78, 5) is 12.0. The fraction of sp³-hybridized carbons (Fsp3) is 0.462. The SMILES string of the molecule is CC(C)C(CCBr)NC(=O)c1ccc(F)c(Cl)c1. The van der Waals surface area contributed by atoms with Crippen molar-refractivity contribution in [1.82, 2.24) is 5.32 Å². The monoisotopic (exact) mass is 335 g/mol. The summed E-state index contributed by atoms with van der Waals surface area (Å²) < 4.78 is 13.0. The summed E-state index contributed by atoms with van der Waals surface area (Å²) in [6.45, 7) is 4.09. The number of amides is 1. The van der Waals surface area contributed by atoms with E-state index < -0.39 is 5.82 Å². The van der Waals surface area contributed by atoms with Crippen LogP contribution in [0.3, 0.4) is 0 Å². The Balaban J connectivity index is 2.77. The van der Waals surface area contributed by atoms with Crippen LogP contribution in [0, 0.1) is 11.7 Å². The highest BCUT2D eigenvalue weighted by Gasteiger charge is 2.17. The van der Waals surface area contributed by atoms with E-state index in [0.29, 0.717) is 11.5 Å². The highest BCUT2D eigenvalue weighted by atomic mass is 79.9. The molecule has 0 aliphatic heterocycles. The van der Waals surface area contributed by atoms with Crippen LogP contribution in [-0.2, 0) is 0 Å². The maximum atomic E-state index is 13.0. The molecule has 0 radical (unpaired) electrons. The third-order valence-electron chi connectivity index (χ3n) is 2.72.